The molecule has 1 saturated heterocycles. The maximum atomic E-state index is 12.6. The summed E-state index contributed by atoms with van der Waals surface area (Å²) in [7, 11) is 3.46. The van der Waals surface area contributed by atoms with Gasteiger partial charge in [-0.05, 0) is 29.8 Å². The molecule has 2 heterocycles. The molecule has 7 nitrogen and oxygen atoms in total. The highest BCUT2D eigenvalue weighted by Gasteiger charge is 2.22. The van der Waals surface area contributed by atoms with Crippen LogP contribution in [0.15, 0.2) is 42.6 Å². The molecular weight excluding hydrogens is 354 g/mol. The average Bonchev–Trinajstić information content (AvgIpc) is 2.74. The Labute approximate surface area is 165 Å². The van der Waals surface area contributed by atoms with E-state index in [1.807, 2.05) is 31.3 Å². The van der Waals surface area contributed by atoms with Crippen LogP contribution in [0.25, 0.3) is 0 Å². The summed E-state index contributed by atoms with van der Waals surface area (Å²) in [6.07, 6.45) is 1.71. The quantitative estimate of drug-likeness (QED) is 0.761. The predicted molar refractivity (Wildman–Crippen MR) is 107 cm³/mol. The van der Waals surface area contributed by atoms with Crippen LogP contribution in [-0.2, 0) is 11.3 Å². The van der Waals surface area contributed by atoms with Gasteiger partial charge in [-0.2, -0.15) is 5.26 Å². The van der Waals surface area contributed by atoms with E-state index in [2.05, 4.69) is 20.9 Å². The van der Waals surface area contributed by atoms with Gasteiger partial charge in [-0.25, -0.2) is 4.98 Å². The van der Waals surface area contributed by atoms with Crippen molar-refractivity contribution < 1.29 is 9.53 Å². The Balaban J connectivity index is 1.51. The third-order valence-corrected chi connectivity index (χ3v) is 4.92. The van der Waals surface area contributed by atoms with Crippen LogP contribution in [0.1, 0.15) is 11.1 Å². The number of methoxy groups -OCH3 is 1. The molecule has 146 valence electrons. The first-order valence-corrected chi connectivity index (χ1v) is 9.30. The number of anilines is 1. The van der Waals surface area contributed by atoms with Crippen molar-refractivity contribution in [1.82, 2.24) is 14.8 Å². The minimum Gasteiger partial charge on any atom is -0.497 e. The van der Waals surface area contributed by atoms with E-state index in [1.165, 1.54) is 0 Å². The summed E-state index contributed by atoms with van der Waals surface area (Å²) >= 11 is 0. The van der Waals surface area contributed by atoms with E-state index in [9.17, 15) is 10.1 Å². The van der Waals surface area contributed by atoms with Crippen molar-refractivity contribution >= 4 is 11.7 Å². The summed E-state index contributed by atoms with van der Waals surface area (Å²) in [6.45, 7) is 3.97. The molecule has 1 aliphatic rings. The summed E-state index contributed by atoms with van der Waals surface area (Å²) in [5, 5.41) is 9.25. The lowest BCUT2D eigenvalue weighted by Gasteiger charge is -2.35. The minimum absolute atomic E-state index is 0.0896. The predicted octanol–water partition coefficient (Wildman–Crippen LogP) is 1.74. The van der Waals surface area contributed by atoms with E-state index < -0.39 is 0 Å². The molecule has 7 heteroatoms. The number of ether oxygens (including phenoxy) is 1. The number of carbonyl (C=O) groups excluding carboxylic acids is 1. The molecule has 1 aromatic heterocycles. The number of carbonyl (C=O) groups is 1. The van der Waals surface area contributed by atoms with E-state index in [-0.39, 0.29) is 5.91 Å². The monoisotopic (exact) mass is 379 g/mol. The van der Waals surface area contributed by atoms with Gasteiger partial charge in [-0.1, -0.05) is 12.1 Å². The Morgan fingerprint density at radius 1 is 1.25 bits per heavy atom. The van der Waals surface area contributed by atoms with Gasteiger partial charge in [0.15, 0.2) is 0 Å². The highest BCUT2D eigenvalue weighted by Crippen LogP contribution is 2.18. The number of rotatable bonds is 6. The second kappa shape index (κ2) is 9.20. The van der Waals surface area contributed by atoms with E-state index in [0.29, 0.717) is 18.7 Å². The Bertz CT molecular complexity index is 856. The number of amides is 1. The SMILES string of the molecule is COc1cccc(CN(C)C(=O)CN2CCN(c3ncccc3C#N)CC2)c1. The van der Waals surface area contributed by atoms with E-state index >= 15 is 0 Å². The summed E-state index contributed by atoms with van der Waals surface area (Å²) in [6, 6.07) is 13.5. The van der Waals surface area contributed by atoms with E-state index in [1.54, 1.807) is 30.3 Å². The van der Waals surface area contributed by atoms with Crippen LogP contribution in [0.3, 0.4) is 0 Å². The highest BCUT2D eigenvalue weighted by atomic mass is 16.5. The molecule has 1 fully saturated rings. The van der Waals surface area contributed by atoms with Gasteiger partial charge in [0.1, 0.15) is 17.6 Å². The van der Waals surface area contributed by atoms with Gasteiger partial charge in [0.2, 0.25) is 5.91 Å². The largest absolute Gasteiger partial charge is 0.497 e. The lowest BCUT2D eigenvalue weighted by atomic mass is 10.2. The maximum Gasteiger partial charge on any atom is 0.236 e. The van der Waals surface area contributed by atoms with E-state index in [4.69, 9.17) is 4.74 Å². The van der Waals surface area contributed by atoms with Crippen molar-refractivity contribution in [3.63, 3.8) is 0 Å². The first-order chi connectivity index (χ1) is 13.6. The molecule has 0 spiro atoms. The summed E-state index contributed by atoms with van der Waals surface area (Å²) in [5.74, 6) is 1.61. The van der Waals surface area contributed by atoms with Crippen LogP contribution >= 0.6 is 0 Å². The number of aromatic nitrogens is 1. The highest BCUT2D eigenvalue weighted by molar-refractivity contribution is 5.78. The Hall–Kier alpha value is -3.11. The lowest BCUT2D eigenvalue weighted by Crippen LogP contribution is -2.50. The zero-order valence-electron chi connectivity index (χ0n) is 16.3. The number of benzene rings is 1. The third kappa shape index (κ3) is 4.78. The van der Waals surface area contributed by atoms with Gasteiger partial charge >= 0.3 is 0 Å². The van der Waals surface area contributed by atoms with Gasteiger partial charge in [0.25, 0.3) is 0 Å². The fourth-order valence-corrected chi connectivity index (χ4v) is 3.30. The van der Waals surface area contributed by atoms with Crippen LogP contribution in [-0.4, -0.2) is 67.6 Å². The second-order valence-electron chi connectivity index (χ2n) is 6.85. The van der Waals surface area contributed by atoms with Gasteiger partial charge in [-0.3, -0.25) is 9.69 Å². The van der Waals surface area contributed by atoms with Crippen molar-refractivity contribution in [2.75, 3.05) is 51.8 Å². The van der Waals surface area contributed by atoms with Gasteiger partial charge in [0.05, 0.1) is 19.2 Å². The normalized spacial score (nSPS) is 14.4. The minimum atomic E-state index is 0.0896. The smallest absolute Gasteiger partial charge is 0.236 e. The van der Waals surface area contributed by atoms with Gasteiger partial charge in [0, 0.05) is 46.0 Å². The molecule has 0 saturated carbocycles. The zero-order valence-corrected chi connectivity index (χ0v) is 16.3. The standard InChI is InChI=1S/C21H25N5O2/c1-24(15-17-5-3-7-19(13-17)28-2)20(27)16-25-9-11-26(12-10-25)21-18(14-22)6-4-8-23-21/h3-8,13H,9-12,15-16H2,1-2H3. The fraction of sp³-hybridized carbons (Fsp3) is 0.381. The average molecular weight is 379 g/mol. The lowest BCUT2D eigenvalue weighted by molar-refractivity contribution is -0.131. The molecule has 0 bridgehead atoms. The van der Waals surface area contributed by atoms with Crippen LogP contribution in [0.4, 0.5) is 5.82 Å². The third-order valence-electron chi connectivity index (χ3n) is 4.92. The first kappa shape index (κ1) is 19.6. The van der Waals surface area contributed by atoms with Crippen molar-refractivity contribution in [3.05, 3.63) is 53.7 Å². The molecule has 3 rings (SSSR count). The zero-order chi connectivity index (χ0) is 19.9. The summed E-state index contributed by atoms with van der Waals surface area (Å²) in [5.41, 5.74) is 1.63. The maximum absolute atomic E-state index is 12.6. The van der Waals surface area contributed by atoms with Gasteiger partial charge < -0.3 is 14.5 Å². The molecule has 2 aromatic rings. The van der Waals surface area contributed by atoms with Crippen molar-refractivity contribution in [2.45, 2.75) is 6.54 Å². The molecular formula is C21H25N5O2. The Morgan fingerprint density at radius 2 is 2.04 bits per heavy atom. The molecule has 0 unspecified atom stereocenters. The molecule has 0 atom stereocenters. The number of likely N-dealkylation sites (N-methyl/N-ethyl adjacent to an activating group) is 1. The summed E-state index contributed by atoms with van der Waals surface area (Å²) in [4.78, 5) is 23.0. The first-order valence-electron chi connectivity index (χ1n) is 9.30. The van der Waals surface area contributed by atoms with Crippen LogP contribution < -0.4 is 9.64 Å². The number of pyridine rings is 1. The fourth-order valence-electron chi connectivity index (χ4n) is 3.30. The number of nitrogens with zero attached hydrogens (tertiary/aromatic N) is 5. The number of hydrogen-bond donors (Lipinski definition) is 0. The Morgan fingerprint density at radius 3 is 2.75 bits per heavy atom. The van der Waals surface area contributed by atoms with Crippen molar-refractivity contribution in [3.8, 4) is 11.8 Å². The van der Waals surface area contributed by atoms with E-state index in [0.717, 1.165) is 43.3 Å². The summed E-state index contributed by atoms with van der Waals surface area (Å²) < 4.78 is 5.24. The second-order valence-corrected chi connectivity index (χ2v) is 6.85. The number of nitriles is 1. The molecule has 1 amide bonds. The van der Waals surface area contributed by atoms with Crippen LogP contribution in [0.2, 0.25) is 0 Å². The van der Waals surface area contributed by atoms with Gasteiger partial charge in [-0.15, -0.1) is 0 Å². The Kier molecular flexibility index (Phi) is 6.45. The van der Waals surface area contributed by atoms with Crippen molar-refractivity contribution in [2.24, 2.45) is 0 Å². The van der Waals surface area contributed by atoms with Crippen LogP contribution in [0.5, 0.6) is 5.75 Å². The topological polar surface area (TPSA) is 72.7 Å². The molecule has 0 radical (unpaired) electrons. The van der Waals surface area contributed by atoms with Crippen LogP contribution in [0, 0.1) is 11.3 Å². The molecule has 1 aliphatic heterocycles. The number of hydrogen-bond acceptors (Lipinski definition) is 6. The molecule has 28 heavy (non-hydrogen) atoms. The van der Waals surface area contributed by atoms with Crippen molar-refractivity contribution in [1.29, 1.82) is 5.26 Å². The number of piperazine rings is 1. The molecule has 1 aromatic carbocycles. The molecule has 0 N–H and O–H groups in total. The molecule has 0 aliphatic carbocycles.